The van der Waals surface area contributed by atoms with Crippen LogP contribution in [0.25, 0.3) is 0 Å². The monoisotopic (exact) mass is 209 g/mol. The summed E-state index contributed by atoms with van der Waals surface area (Å²) in [6.07, 6.45) is 2.32. The molecule has 1 aromatic heterocycles. The van der Waals surface area contributed by atoms with Crippen molar-refractivity contribution in [2.45, 2.75) is 45.6 Å². The molecule has 1 saturated carbocycles. The molecular formula is C12H19NS. The fraction of sp³-hybridized carbons (Fsp3) is 0.667. The van der Waals surface area contributed by atoms with Crippen LogP contribution >= 0.6 is 11.3 Å². The van der Waals surface area contributed by atoms with E-state index in [-0.39, 0.29) is 0 Å². The van der Waals surface area contributed by atoms with E-state index in [2.05, 4.69) is 32.9 Å². The summed E-state index contributed by atoms with van der Waals surface area (Å²) < 4.78 is 0. The van der Waals surface area contributed by atoms with Gasteiger partial charge in [0.1, 0.15) is 0 Å². The van der Waals surface area contributed by atoms with Gasteiger partial charge in [0, 0.05) is 21.7 Å². The predicted molar refractivity (Wildman–Crippen MR) is 62.8 cm³/mol. The van der Waals surface area contributed by atoms with Gasteiger partial charge in [-0.25, -0.2) is 0 Å². The van der Waals surface area contributed by atoms with E-state index in [1.54, 1.807) is 0 Å². The molecule has 0 saturated heterocycles. The zero-order chi connectivity index (χ0) is 10.3. The van der Waals surface area contributed by atoms with Crippen molar-refractivity contribution in [3.8, 4) is 0 Å². The molecular weight excluding hydrogens is 190 g/mol. The van der Waals surface area contributed by atoms with E-state index in [1.165, 1.54) is 9.75 Å². The van der Waals surface area contributed by atoms with Crippen molar-refractivity contribution in [2.24, 2.45) is 11.1 Å². The van der Waals surface area contributed by atoms with Crippen LogP contribution in [0.2, 0.25) is 0 Å². The van der Waals surface area contributed by atoms with Gasteiger partial charge in [0.25, 0.3) is 0 Å². The highest BCUT2D eigenvalue weighted by atomic mass is 32.1. The van der Waals surface area contributed by atoms with E-state index in [4.69, 9.17) is 5.73 Å². The smallest absolute Gasteiger partial charge is 0.0103 e. The molecule has 1 aliphatic carbocycles. The summed E-state index contributed by atoms with van der Waals surface area (Å²) in [4.78, 5) is 3.03. The van der Waals surface area contributed by atoms with Crippen LogP contribution in [0.5, 0.6) is 0 Å². The number of hydrogen-bond donors (Lipinski definition) is 1. The number of aryl methyl sites for hydroxylation is 1. The van der Waals surface area contributed by atoms with Crippen LogP contribution < -0.4 is 5.73 Å². The van der Waals surface area contributed by atoms with Gasteiger partial charge in [0.2, 0.25) is 0 Å². The van der Waals surface area contributed by atoms with Gasteiger partial charge in [-0.05, 0) is 30.4 Å². The molecule has 2 heteroatoms. The molecule has 1 heterocycles. The Kier molecular flexibility index (Phi) is 2.44. The standard InChI is InChI=1S/C12H19NS/c1-4-8-5-6-10(14-8)9-7-11(13)12(9,2)3/h5-6,9,11H,4,7,13H2,1-3H3. The number of hydrogen-bond acceptors (Lipinski definition) is 2. The number of nitrogens with two attached hydrogens (primary N) is 1. The lowest BCUT2D eigenvalue weighted by atomic mass is 9.58. The highest BCUT2D eigenvalue weighted by molar-refractivity contribution is 7.12. The Morgan fingerprint density at radius 1 is 1.50 bits per heavy atom. The van der Waals surface area contributed by atoms with Crippen LogP contribution in [0.3, 0.4) is 0 Å². The summed E-state index contributed by atoms with van der Waals surface area (Å²) in [6, 6.07) is 4.95. The minimum absolute atomic E-state index is 0.301. The van der Waals surface area contributed by atoms with Crippen molar-refractivity contribution in [2.75, 3.05) is 0 Å². The van der Waals surface area contributed by atoms with E-state index in [0.717, 1.165) is 12.8 Å². The van der Waals surface area contributed by atoms with Gasteiger partial charge >= 0.3 is 0 Å². The second-order valence-electron chi connectivity index (χ2n) is 4.87. The molecule has 0 spiro atoms. The highest BCUT2D eigenvalue weighted by Gasteiger charge is 2.47. The summed E-state index contributed by atoms with van der Waals surface area (Å²) in [5, 5.41) is 0. The van der Waals surface area contributed by atoms with Crippen molar-refractivity contribution < 1.29 is 0 Å². The van der Waals surface area contributed by atoms with Crippen LogP contribution in [0.15, 0.2) is 12.1 Å². The molecule has 1 fully saturated rings. The van der Waals surface area contributed by atoms with E-state index in [1.807, 2.05) is 11.3 Å². The molecule has 14 heavy (non-hydrogen) atoms. The Morgan fingerprint density at radius 2 is 2.21 bits per heavy atom. The maximum Gasteiger partial charge on any atom is 0.0103 e. The van der Waals surface area contributed by atoms with Crippen molar-refractivity contribution >= 4 is 11.3 Å². The fourth-order valence-corrected chi connectivity index (χ4v) is 3.48. The zero-order valence-corrected chi connectivity index (χ0v) is 10.0. The lowest BCUT2D eigenvalue weighted by Gasteiger charge is -2.50. The van der Waals surface area contributed by atoms with E-state index >= 15 is 0 Å². The van der Waals surface area contributed by atoms with E-state index in [9.17, 15) is 0 Å². The molecule has 0 aliphatic heterocycles. The van der Waals surface area contributed by atoms with E-state index in [0.29, 0.717) is 17.4 Å². The molecule has 0 amide bonds. The SMILES string of the molecule is CCc1ccc(C2CC(N)C2(C)C)s1. The Hall–Kier alpha value is -0.340. The summed E-state index contributed by atoms with van der Waals surface area (Å²) in [5.74, 6) is 0.697. The average Bonchev–Trinajstić information content (AvgIpc) is 2.61. The number of rotatable bonds is 2. The largest absolute Gasteiger partial charge is 0.327 e. The Morgan fingerprint density at radius 3 is 2.64 bits per heavy atom. The van der Waals surface area contributed by atoms with Gasteiger partial charge in [0.05, 0.1) is 0 Å². The van der Waals surface area contributed by atoms with Gasteiger partial charge in [0.15, 0.2) is 0 Å². The average molecular weight is 209 g/mol. The van der Waals surface area contributed by atoms with E-state index < -0.39 is 0 Å². The molecule has 78 valence electrons. The summed E-state index contributed by atoms with van der Waals surface area (Å²) >= 11 is 1.97. The van der Waals surface area contributed by atoms with Crippen molar-refractivity contribution in [1.82, 2.24) is 0 Å². The third-order valence-corrected chi connectivity index (χ3v) is 5.06. The van der Waals surface area contributed by atoms with Crippen LogP contribution in [0.1, 0.15) is 42.9 Å². The second kappa shape index (κ2) is 3.35. The molecule has 2 unspecified atom stereocenters. The topological polar surface area (TPSA) is 26.0 Å². The minimum Gasteiger partial charge on any atom is -0.327 e. The lowest BCUT2D eigenvalue weighted by molar-refractivity contribution is 0.101. The first-order valence-corrected chi connectivity index (χ1v) is 6.21. The molecule has 1 aliphatic rings. The maximum atomic E-state index is 6.03. The molecule has 2 atom stereocenters. The quantitative estimate of drug-likeness (QED) is 0.795. The van der Waals surface area contributed by atoms with Crippen molar-refractivity contribution in [1.29, 1.82) is 0 Å². The Balaban J connectivity index is 2.17. The van der Waals surface area contributed by atoms with Crippen LogP contribution in [0.4, 0.5) is 0 Å². The normalized spacial score (nSPS) is 30.0. The summed E-state index contributed by atoms with van der Waals surface area (Å²) in [6.45, 7) is 6.79. The van der Waals surface area contributed by atoms with Gasteiger partial charge in [-0.2, -0.15) is 0 Å². The first-order chi connectivity index (χ1) is 6.55. The molecule has 0 bridgehead atoms. The Bertz CT molecular complexity index is 327. The first kappa shape index (κ1) is 10.2. The van der Waals surface area contributed by atoms with Crippen LogP contribution in [0, 0.1) is 5.41 Å². The Labute approximate surface area is 90.3 Å². The summed E-state index contributed by atoms with van der Waals surface area (Å²) in [7, 11) is 0. The zero-order valence-electron chi connectivity index (χ0n) is 9.21. The predicted octanol–water partition coefficient (Wildman–Crippen LogP) is 3.15. The van der Waals surface area contributed by atoms with Gasteiger partial charge in [-0.15, -0.1) is 11.3 Å². The number of thiophene rings is 1. The summed E-state index contributed by atoms with van der Waals surface area (Å²) in [5.41, 5.74) is 6.33. The van der Waals surface area contributed by atoms with Crippen LogP contribution in [-0.2, 0) is 6.42 Å². The molecule has 0 aromatic carbocycles. The second-order valence-corrected chi connectivity index (χ2v) is 6.07. The van der Waals surface area contributed by atoms with Gasteiger partial charge in [-0.1, -0.05) is 20.8 Å². The van der Waals surface area contributed by atoms with Gasteiger partial charge in [-0.3, -0.25) is 0 Å². The third kappa shape index (κ3) is 1.41. The fourth-order valence-electron chi connectivity index (χ4n) is 2.21. The maximum absolute atomic E-state index is 6.03. The van der Waals surface area contributed by atoms with Gasteiger partial charge < -0.3 is 5.73 Å². The molecule has 1 nitrogen and oxygen atoms in total. The highest BCUT2D eigenvalue weighted by Crippen LogP contribution is 2.52. The lowest BCUT2D eigenvalue weighted by Crippen LogP contribution is -2.52. The molecule has 2 rings (SSSR count). The first-order valence-electron chi connectivity index (χ1n) is 5.40. The molecule has 2 N–H and O–H groups in total. The molecule has 0 radical (unpaired) electrons. The van der Waals surface area contributed by atoms with Crippen molar-refractivity contribution in [3.05, 3.63) is 21.9 Å². The van der Waals surface area contributed by atoms with Crippen LogP contribution in [-0.4, -0.2) is 6.04 Å². The van der Waals surface area contributed by atoms with Crippen molar-refractivity contribution in [3.63, 3.8) is 0 Å². The minimum atomic E-state index is 0.301. The molecule has 1 aromatic rings. The third-order valence-electron chi connectivity index (χ3n) is 3.72.